The molecular weight excluding hydrogens is 200 g/mol. The fourth-order valence-electron chi connectivity index (χ4n) is 2.21. The topological polar surface area (TPSA) is 38.5 Å². The Labute approximate surface area is 97.2 Å². The third-order valence-corrected chi connectivity index (χ3v) is 3.19. The summed E-state index contributed by atoms with van der Waals surface area (Å²) in [4.78, 5) is 2.38. The van der Waals surface area contributed by atoms with Gasteiger partial charge in [-0.25, -0.2) is 0 Å². The van der Waals surface area contributed by atoms with E-state index in [1.54, 1.807) is 0 Å². The fraction of sp³-hybridized carbons (Fsp3) is 0.538. The van der Waals surface area contributed by atoms with E-state index in [0.29, 0.717) is 6.04 Å². The van der Waals surface area contributed by atoms with Crippen LogP contribution in [-0.4, -0.2) is 25.8 Å². The Balaban J connectivity index is 2.30. The Hall–Kier alpha value is -1.22. The zero-order chi connectivity index (χ0) is 11.5. The monoisotopic (exact) mass is 220 g/mol. The lowest BCUT2D eigenvalue weighted by Crippen LogP contribution is -2.45. The zero-order valence-electron chi connectivity index (χ0n) is 10.1. The van der Waals surface area contributed by atoms with Crippen LogP contribution in [-0.2, 0) is 4.74 Å². The second kappa shape index (κ2) is 4.74. The molecule has 0 aromatic heterocycles. The molecule has 88 valence electrons. The van der Waals surface area contributed by atoms with Gasteiger partial charge in [0.2, 0.25) is 0 Å². The number of benzene rings is 1. The van der Waals surface area contributed by atoms with Gasteiger partial charge in [-0.15, -0.1) is 0 Å². The molecule has 1 unspecified atom stereocenters. The number of ether oxygens (including phenoxy) is 1. The molecule has 2 rings (SSSR count). The highest BCUT2D eigenvalue weighted by Crippen LogP contribution is 2.28. The lowest BCUT2D eigenvalue weighted by Gasteiger charge is -2.37. The van der Waals surface area contributed by atoms with Gasteiger partial charge in [0.1, 0.15) is 0 Å². The van der Waals surface area contributed by atoms with E-state index < -0.39 is 0 Å². The molecular formula is C13H20N2O. The van der Waals surface area contributed by atoms with E-state index in [0.717, 1.165) is 37.6 Å². The quantitative estimate of drug-likeness (QED) is 0.776. The van der Waals surface area contributed by atoms with Crippen LogP contribution in [0.4, 0.5) is 11.4 Å². The van der Waals surface area contributed by atoms with Crippen molar-refractivity contribution in [3.8, 4) is 0 Å². The zero-order valence-corrected chi connectivity index (χ0v) is 10.1. The molecule has 2 N–H and O–H groups in total. The summed E-state index contributed by atoms with van der Waals surface area (Å²) in [6.45, 7) is 6.84. The molecule has 3 heteroatoms. The highest BCUT2D eigenvalue weighted by Gasteiger charge is 2.22. The smallest absolute Gasteiger partial charge is 0.0670 e. The van der Waals surface area contributed by atoms with E-state index in [-0.39, 0.29) is 0 Å². The van der Waals surface area contributed by atoms with E-state index >= 15 is 0 Å². The normalized spacial score (nSPS) is 21.1. The van der Waals surface area contributed by atoms with Crippen molar-refractivity contribution in [1.29, 1.82) is 0 Å². The third kappa shape index (κ3) is 2.14. The Kier molecular flexibility index (Phi) is 3.34. The minimum absolute atomic E-state index is 0.456. The Morgan fingerprint density at radius 3 is 3.06 bits per heavy atom. The van der Waals surface area contributed by atoms with Crippen molar-refractivity contribution < 1.29 is 4.74 Å². The Morgan fingerprint density at radius 1 is 1.50 bits per heavy atom. The molecule has 1 fully saturated rings. The predicted octanol–water partition coefficient (Wildman–Crippen LogP) is 2.19. The van der Waals surface area contributed by atoms with Crippen LogP contribution in [0.5, 0.6) is 0 Å². The summed E-state index contributed by atoms with van der Waals surface area (Å²) in [5.41, 5.74) is 9.34. The number of hydrogen-bond acceptors (Lipinski definition) is 3. The standard InChI is InChI=1S/C13H20N2O/c1-3-11-9-16-7-6-15(11)13-8-10(2)4-5-12(13)14/h4-5,8,11H,3,6-7,9,14H2,1-2H3. The average Bonchev–Trinajstić information content (AvgIpc) is 2.32. The summed E-state index contributed by atoms with van der Waals surface area (Å²) in [6.07, 6.45) is 1.09. The summed E-state index contributed by atoms with van der Waals surface area (Å²) in [6, 6.07) is 6.67. The lowest BCUT2D eigenvalue weighted by atomic mass is 10.1. The number of nitrogens with zero attached hydrogens (tertiary/aromatic N) is 1. The van der Waals surface area contributed by atoms with Gasteiger partial charge in [-0.1, -0.05) is 13.0 Å². The minimum atomic E-state index is 0.456. The molecule has 1 atom stereocenters. The van der Waals surface area contributed by atoms with Crippen molar-refractivity contribution in [3.63, 3.8) is 0 Å². The number of aryl methyl sites for hydroxylation is 1. The first-order chi connectivity index (χ1) is 7.72. The molecule has 1 aromatic rings. The second-order valence-corrected chi connectivity index (χ2v) is 4.39. The van der Waals surface area contributed by atoms with Gasteiger partial charge in [-0.3, -0.25) is 0 Å². The van der Waals surface area contributed by atoms with Crippen LogP contribution in [0.3, 0.4) is 0 Å². The molecule has 1 aliphatic heterocycles. The molecule has 1 saturated heterocycles. The molecule has 0 aliphatic carbocycles. The fourth-order valence-corrected chi connectivity index (χ4v) is 2.21. The second-order valence-electron chi connectivity index (χ2n) is 4.39. The van der Waals surface area contributed by atoms with Crippen LogP contribution < -0.4 is 10.6 Å². The summed E-state index contributed by atoms with van der Waals surface area (Å²) in [7, 11) is 0. The number of nitrogens with two attached hydrogens (primary N) is 1. The maximum atomic E-state index is 6.05. The van der Waals surface area contributed by atoms with Gasteiger partial charge in [-0.2, -0.15) is 0 Å². The summed E-state index contributed by atoms with van der Waals surface area (Å²) in [5.74, 6) is 0. The number of rotatable bonds is 2. The number of hydrogen-bond donors (Lipinski definition) is 1. The van der Waals surface area contributed by atoms with Crippen LogP contribution >= 0.6 is 0 Å². The highest BCUT2D eigenvalue weighted by molar-refractivity contribution is 5.69. The van der Waals surface area contributed by atoms with Crippen LogP contribution in [0.2, 0.25) is 0 Å². The molecule has 0 radical (unpaired) electrons. The minimum Gasteiger partial charge on any atom is -0.397 e. The SMILES string of the molecule is CCC1COCCN1c1cc(C)ccc1N. The first kappa shape index (κ1) is 11.3. The summed E-state index contributed by atoms with van der Waals surface area (Å²) in [5, 5.41) is 0. The van der Waals surface area contributed by atoms with Crippen LogP contribution in [0, 0.1) is 6.92 Å². The van der Waals surface area contributed by atoms with Crippen molar-refractivity contribution in [2.24, 2.45) is 0 Å². The molecule has 0 bridgehead atoms. The predicted molar refractivity (Wildman–Crippen MR) is 67.8 cm³/mol. The first-order valence-electron chi connectivity index (χ1n) is 5.93. The molecule has 1 heterocycles. The number of anilines is 2. The van der Waals surface area contributed by atoms with E-state index in [2.05, 4.69) is 30.9 Å². The lowest BCUT2D eigenvalue weighted by molar-refractivity contribution is 0.0930. The van der Waals surface area contributed by atoms with Crippen molar-refractivity contribution in [3.05, 3.63) is 23.8 Å². The van der Waals surface area contributed by atoms with Crippen molar-refractivity contribution in [1.82, 2.24) is 0 Å². The molecule has 1 aromatic carbocycles. The number of morpholine rings is 1. The molecule has 3 nitrogen and oxygen atoms in total. The molecule has 0 spiro atoms. The third-order valence-electron chi connectivity index (χ3n) is 3.19. The maximum absolute atomic E-state index is 6.05. The molecule has 1 aliphatic rings. The van der Waals surface area contributed by atoms with Gasteiger partial charge in [-0.05, 0) is 31.0 Å². The number of nitrogen functional groups attached to an aromatic ring is 1. The van der Waals surface area contributed by atoms with Crippen LogP contribution in [0.1, 0.15) is 18.9 Å². The van der Waals surface area contributed by atoms with Crippen molar-refractivity contribution in [2.75, 3.05) is 30.4 Å². The van der Waals surface area contributed by atoms with Gasteiger partial charge in [0, 0.05) is 6.54 Å². The van der Waals surface area contributed by atoms with Crippen molar-refractivity contribution in [2.45, 2.75) is 26.3 Å². The summed E-state index contributed by atoms with van der Waals surface area (Å²) >= 11 is 0. The van der Waals surface area contributed by atoms with E-state index in [4.69, 9.17) is 10.5 Å². The first-order valence-corrected chi connectivity index (χ1v) is 5.93. The van der Waals surface area contributed by atoms with Gasteiger partial charge < -0.3 is 15.4 Å². The van der Waals surface area contributed by atoms with Gasteiger partial charge in [0.25, 0.3) is 0 Å². The molecule has 0 saturated carbocycles. The van der Waals surface area contributed by atoms with Gasteiger partial charge >= 0.3 is 0 Å². The van der Waals surface area contributed by atoms with Crippen LogP contribution in [0.15, 0.2) is 18.2 Å². The van der Waals surface area contributed by atoms with Gasteiger partial charge in [0.05, 0.1) is 30.6 Å². The molecule has 0 amide bonds. The van der Waals surface area contributed by atoms with Gasteiger partial charge in [0.15, 0.2) is 0 Å². The van der Waals surface area contributed by atoms with Crippen molar-refractivity contribution >= 4 is 11.4 Å². The van der Waals surface area contributed by atoms with E-state index in [1.165, 1.54) is 5.56 Å². The Bertz CT molecular complexity index is 365. The average molecular weight is 220 g/mol. The highest BCUT2D eigenvalue weighted by atomic mass is 16.5. The molecule has 16 heavy (non-hydrogen) atoms. The van der Waals surface area contributed by atoms with E-state index in [1.807, 2.05) is 6.07 Å². The van der Waals surface area contributed by atoms with Crippen LogP contribution in [0.25, 0.3) is 0 Å². The summed E-state index contributed by atoms with van der Waals surface area (Å²) < 4.78 is 5.51. The van der Waals surface area contributed by atoms with E-state index in [9.17, 15) is 0 Å². The largest absolute Gasteiger partial charge is 0.397 e. The maximum Gasteiger partial charge on any atom is 0.0670 e. The Morgan fingerprint density at radius 2 is 2.31 bits per heavy atom.